The van der Waals surface area contributed by atoms with E-state index < -0.39 is 0 Å². The van der Waals surface area contributed by atoms with Crippen molar-refractivity contribution in [3.8, 4) is 5.75 Å². The maximum Gasteiger partial charge on any atom is 0.317 e. The minimum atomic E-state index is 0.128. The van der Waals surface area contributed by atoms with Crippen LogP contribution in [-0.2, 0) is 0 Å². The molecule has 1 N–H and O–H groups in total. The minimum Gasteiger partial charge on any atom is -0.497 e. The van der Waals surface area contributed by atoms with Crippen LogP contribution in [0, 0.1) is 23.2 Å². The molecule has 2 amide bonds. The fraction of sp³-hybridized carbons (Fsp3) is 0.650. The van der Waals surface area contributed by atoms with Gasteiger partial charge < -0.3 is 19.9 Å². The third-order valence-electron chi connectivity index (χ3n) is 6.66. The molecule has 3 fully saturated rings. The molecule has 2 aliphatic heterocycles. The van der Waals surface area contributed by atoms with E-state index in [1.165, 1.54) is 5.69 Å². The number of methoxy groups -OCH3 is 1. The number of fused-ring (bicyclic) bond motifs is 1. The number of anilines is 1. The number of piperidine rings is 1. The Hall–Kier alpha value is -1.91. The Balaban J connectivity index is 1.24. The molecule has 1 aromatic carbocycles. The van der Waals surface area contributed by atoms with Gasteiger partial charge in [0.15, 0.2) is 0 Å². The van der Waals surface area contributed by atoms with Crippen molar-refractivity contribution >= 4 is 11.7 Å². The smallest absolute Gasteiger partial charge is 0.317 e. The molecule has 3 atom stereocenters. The number of ether oxygens (including phenoxy) is 1. The average molecular weight is 343 g/mol. The molecule has 2 saturated heterocycles. The topological polar surface area (TPSA) is 44.8 Å². The first kappa shape index (κ1) is 16.6. The molecule has 0 radical (unpaired) electrons. The van der Waals surface area contributed by atoms with Crippen LogP contribution in [0.3, 0.4) is 0 Å². The Labute approximate surface area is 150 Å². The summed E-state index contributed by atoms with van der Waals surface area (Å²) in [6.45, 7) is 9.32. The standard InChI is InChI=1S/C20H29N3O2/c1-20(2)17-12-23(13-18(17)20)19(24)21-10-14-7-8-22(11-14)15-5-4-6-16(9-15)25-3/h4-6,9,14,17-18H,7-8,10-13H2,1-3H3,(H,21,24)/t14-,17-,18+/m0/s1. The van der Waals surface area contributed by atoms with E-state index in [9.17, 15) is 4.79 Å². The van der Waals surface area contributed by atoms with Crippen LogP contribution in [0.1, 0.15) is 20.3 Å². The zero-order valence-electron chi connectivity index (χ0n) is 15.5. The fourth-order valence-corrected chi connectivity index (χ4v) is 4.68. The second-order valence-electron chi connectivity index (χ2n) is 8.43. The van der Waals surface area contributed by atoms with Crippen LogP contribution < -0.4 is 15.0 Å². The van der Waals surface area contributed by atoms with Gasteiger partial charge >= 0.3 is 6.03 Å². The molecular weight excluding hydrogens is 314 g/mol. The van der Waals surface area contributed by atoms with Crippen LogP contribution in [0.25, 0.3) is 0 Å². The van der Waals surface area contributed by atoms with E-state index in [1.807, 2.05) is 17.0 Å². The number of carbonyl (C=O) groups excluding carboxylic acids is 1. The molecular formula is C20H29N3O2. The number of nitrogens with zero attached hydrogens (tertiary/aromatic N) is 2. The average Bonchev–Trinajstić information content (AvgIpc) is 3.09. The summed E-state index contributed by atoms with van der Waals surface area (Å²) in [5.74, 6) is 2.84. The Morgan fingerprint density at radius 2 is 2.04 bits per heavy atom. The van der Waals surface area contributed by atoms with Gasteiger partial charge in [0, 0.05) is 44.5 Å². The molecule has 5 heteroatoms. The van der Waals surface area contributed by atoms with E-state index in [0.29, 0.717) is 23.2 Å². The van der Waals surface area contributed by atoms with E-state index in [4.69, 9.17) is 4.74 Å². The Morgan fingerprint density at radius 3 is 2.76 bits per heavy atom. The number of hydrogen-bond donors (Lipinski definition) is 1. The van der Waals surface area contributed by atoms with Crippen molar-refractivity contribution in [1.29, 1.82) is 0 Å². The summed E-state index contributed by atoms with van der Waals surface area (Å²) in [4.78, 5) is 16.8. The molecule has 0 unspecified atom stereocenters. The third kappa shape index (κ3) is 3.05. The van der Waals surface area contributed by atoms with Gasteiger partial charge in [-0.15, -0.1) is 0 Å². The van der Waals surface area contributed by atoms with Crippen LogP contribution in [-0.4, -0.2) is 50.8 Å². The monoisotopic (exact) mass is 343 g/mol. The van der Waals surface area contributed by atoms with Crippen LogP contribution in [0.4, 0.5) is 10.5 Å². The van der Waals surface area contributed by atoms with Gasteiger partial charge in [0.25, 0.3) is 0 Å². The lowest BCUT2D eigenvalue weighted by Gasteiger charge is -2.23. The molecule has 1 aromatic rings. The number of likely N-dealkylation sites (tertiary alicyclic amines) is 1. The summed E-state index contributed by atoms with van der Waals surface area (Å²) in [6.07, 6.45) is 1.12. The normalized spacial score (nSPS) is 29.5. The van der Waals surface area contributed by atoms with E-state index in [0.717, 1.165) is 44.9 Å². The van der Waals surface area contributed by atoms with E-state index in [-0.39, 0.29) is 6.03 Å². The Kier molecular flexibility index (Phi) is 4.05. The Bertz CT molecular complexity index is 646. The first-order chi connectivity index (χ1) is 12.0. The number of hydrogen-bond acceptors (Lipinski definition) is 3. The zero-order valence-corrected chi connectivity index (χ0v) is 15.5. The van der Waals surface area contributed by atoms with Gasteiger partial charge in [-0.2, -0.15) is 0 Å². The molecule has 1 saturated carbocycles. The van der Waals surface area contributed by atoms with Gasteiger partial charge in [-0.3, -0.25) is 0 Å². The molecule has 2 heterocycles. The Morgan fingerprint density at radius 1 is 1.28 bits per heavy atom. The van der Waals surface area contributed by atoms with Crippen molar-refractivity contribution in [2.75, 3.05) is 44.7 Å². The highest BCUT2D eigenvalue weighted by molar-refractivity contribution is 5.75. The van der Waals surface area contributed by atoms with Crippen molar-refractivity contribution in [2.45, 2.75) is 20.3 Å². The van der Waals surface area contributed by atoms with Gasteiger partial charge in [0.2, 0.25) is 0 Å². The summed E-state index contributed by atoms with van der Waals surface area (Å²) in [7, 11) is 1.70. The van der Waals surface area contributed by atoms with Crippen LogP contribution >= 0.6 is 0 Å². The molecule has 25 heavy (non-hydrogen) atoms. The quantitative estimate of drug-likeness (QED) is 0.914. The second-order valence-corrected chi connectivity index (χ2v) is 8.43. The number of amides is 2. The highest BCUT2D eigenvalue weighted by atomic mass is 16.5. The number of urea groups is 1. The SMILES string of the molecule is COc1cccc(N2CC[C@@H](CNC(=O)N3C[C@@H]4[C@H](C3)C4(C)C)C2)c1. The maximum atomic E-state index is 12.4. The molecule has 1 aliphatic carbocycles. The largest absolute Gasteiger partial charge is 0.497 e. The van der Waals surface area contributed by atoms with Crippen molar-refractivity contribution < 1.29 is 9.53 Å². The third-order valence-corrected chi connectivity index (χ3v) is 6.66. The van der Waals surface area contributed by atoms with Crippen molar-refractivity contribution in [3.05, 3.63) is 24.3 Å². The zero-order chi connectivity index (χ0) is 17.6. The molecule has 0 spiro atoms. The van der Waals surface area contributed by atoms with Gasteiger partial charge in [0.1, 0.15) is 5.75 Å². The van der Waals surface area contributed by atoms with Crippen LogP contribution in [0.5, 0.6) is 5.75 Å². The number of carbonyl (C=O) groups is 1. The predicted molar refractivity (Wildman–Crippen MR) is 99.0 cm³/mol. The lowest BCUT2D eigenvalue weighted by Crippen LogP contribution is -2.42. The van der Waals surface area contributed by atoms with E-state index >= 15 is 0 Å². The maximum absolute atomic E-state index is 12.4. The number of rotatable bonds is 4. The van der Waals surface area contributed by atoms with E-state index in [2.05, 4.69) is 36.2 Å². The summed E-state index contributed by atoms with van der Waals surface area (Å²) >= 11 is 0. The first-order valence-electron chi connectivity index (χ1n) is 9.41. The van der Waals surface area contributed by atoms with Gasteiger partial charge in [-0.1, -0.05) is 19.9 Å². The van der Waals surface area contributed by atoms with Crippen molar-refractivity contribution in [1.82, 2.24) is 10.2 Å². The molecule has 5 nitrogen and oxygen atoms in total. The lowest BCUT2D eigenvalue weighted by molar-refractivity contribution is 0.194. The number of benzene rings is 1. The predicted octanol–water partition coefficient (Wildman–Crippen LogP) is 2.82. The minimum absolute atomic E-state index is 0.128. The van der Waals surface area contributed by atoms with Crippen LogP contribution in [0.2, 0.25) is 0 Å². The highest BCUT2D eigenvalue weighted by Gasteiger charge is 2.62. The van der Waals surface area contributed by atoms with E-state index in [1.54, 1.807) is 7.11 Å². The van der Waals surface area contributed by atoms with Crippen molar-refractivity contribution in [2.24, 2.45) is 23.2 Å². The van der Waals surface area contributed by atoms with Gasteiger partial charge in [0.05, 0.1) is 7.11 Å². The molecule has 0 bridgehead atoms. The molecule has 0 aromatic heterocycles. The first-order valence-corrected chi connectivity index (χ1v) is 9.41. The molecule has 4 rings (SSSR count). The second kappa shape index (κ2) is 6.11. The molecule has 3 aliphatic rings. The lowest BCUT2D eigenvalue weighted by atomic mass is 10.1. The summed E-state index contributed by atoms with van der Waals surface area (Å²) in [5, 5.41) is 3.17. The summed E-state index contributed by atoms with van der Waals surface area (Å²) < 4.78 is 5.31. The van der Waals surface area contributed by atoms with Crippen LogP contribution in [0.15, 0.2) is 24.3 Å². The summed E-state index contributed by atoms with van der Waals surface area (Å²) in [6, 6.07) is 8.34. The van der Waals surface area contributed by atoms with Gasteiger partial charge in [-0.25, -0.2) is 4.79 Å². The molecule has 136 valence electrons. The summed E-state index contributed by atoms with van der Waals surface area (Å²) in [5.41, 5.74) is 1.66. The fourth-order valence-electron chi connectivity index (χ4n) is 4.68. The highest BCUT2D eigenvalue weighted by Crippen LogP contribution is 2.61. The number of nitrogens with one attached hydrogen (secondary N) is 1. The van der Waals surface area contributed by atoms with Gasteiger partial charge in [-0.05, 0) is 41.7 Å². The van der Waals surface area contributed by atoms with Crippen molar-refractivity contribution in [3.63, 3.8) is 0 Å².